The number of carbonyl (C=O) groups excluding carboxylic acids is 1. The van der Waals surface area contributed by atoms with E-state index in [1.165, 1.54) is 37.7 Å². The van der Waals surface area contributed by atoms with Gasteiger partial charge in [-0.2, -0.15) is 0 Å². The number of nitrogens with zero attached hydrogens (tertiary/aromatic N) is 2. The van der Waals surface area contributed by atoms with Crippen LogP contribution >= 0.6 is 0 Å². The Morgan fingerprint density at radius 3 is 2.86 bits per heavy atom. The minimum Gasteiger partial charge on any atom is -0.490 e. The van der Waals surface area contributed by atoms with Crippen molar-refractivity contribution in [3.05, 3.63) is 41.5 Å². The number of hydrogen-bond acceptors (Lipinski definition) is 3. The average Bonchev–Trinajstić information content (AvgIpc) is 2.99. The molecule has 1 aliphatic carbocycles. The summed E-state index contributed by atoms with van der Waals surface area (Å²) in [6.07, 6.45) is 11.0. The van der Waals surface area contributed by atoms with E-state index in [2.05, 4.69) is 17.1 Å². The van der Waals surface area contributed by atoms with Gasteiger partial charge in [0, 0.05) is 0 Å². The molecule has 4 nitrogen and oxygen atoms in total. The summed E-state index contributed by atoms with van der Waals surface area (Å²) in [7, 11) is 0. The lowest BCUT2D eigenvalue weighted by Crippen LogP contribution is -2.20. The highest BCUT2D eigenvalue weighted by Crippen LogP contribution is 2.30. The lowest BCUT2D eigenvalue weighted by molar-refractivity contribution is 0.111. The van der Waals surface area contributed by atoms with Crippen molar-refractivity contribution < 1.29 is 9.53 Å². The topological polar surface area (TPSA) is 44.1 Å². The summed E-state index contributed by atoms with van der Waals surface area (Å²) in [6.45, 7) is 0. The van der Waals surface area contributed by atoms with Crippen LogP contribution in [0.2, 0.25) is 0 Å². The number of rotatable bonds is 3. The molecule has 0 bridgehead atoms. The lowest BCUT2D eigenvalue weighted by atomic mass is 9.97. The van der Waals surface area contributed by atoms with Crippen LogP contribution in [0.5, 0.6) is 5.75 Å². The van der Waals surface area contributed by atoms with Crippen molar-refractivity contribution in [2.24, 2.45) is 0 Å². The van der Waals surface area contributed by atoms with Crippen molar-refractivity contribution in [2.45, 2.75) is 51.0 Å². The maximum Gasteiger partial charge on any atom is 0.170 e. The number of hydrogen-bond donors (Lipinski definition) is 0. The minimum absolute atomic E-state index is 0.376. The number of ether oxygens (including phenoxy) is 1. The normalized spacial score (nSPS) is 17.6. The molecule has 1 fully saturated rings. The second-order valence-corrected chi connectivity index (χ2v) is 6.23. The van der Waals surface area contributed by atoms with Crippen LogP contribution in [0.15, 0.2) is 24.5 Å². The van der Waals surface area contributed by atoms with Crippen LogP contribution in [0, 0.1) is 0 Å². The predicted octanol–water partition coefficient (Wildman–Crippen LogP) is 3.49. The Morgan fingerprint density at radius 2 is 2.05 bits per heavy atom. The lowest BCUT2D eigenvalue weighted by Gasteiger charge is -2.25. The van der Waals surface area contributed by atoms with Gasteiger partial charge in [-0.25, -0.2) is 4.98 Å². The first-order chi connectivity index (χ1) is 10.8. The molecule has 0 unspecified atom stereocenters. The molecule has 114 valence electrons. The molecule has 4 rings (SSSR count). The van der Waals surface area contributed by atoms with Crippen LogP contribution in [0.4, 0.5) is 0 Å². The molecular formula is C18H20N2O2. The van der Waals surface area contributed by atoms with Crippen LogP contribution in [-0.4, -0.2) is 21.9 Å². The summed E-state index contributed by atoms with van der Waals surface area (Å²) in [5.74, 6) is 0.977. The third-order valence-corrected chi connectivity index (χ3v) is 4.81. The van der Waals surface area contributed by atoms with Gasteiger partial charge >= 0.3 is 0 Å². The van der Waals surface area contributed by atoms with Crippen molar-refractivity contribution in [3.63, 3.8) is 0 Å². The molecular weight excluding hydrogens is 276 g/mol. The summed E-state index contributed by atoms with van der Waals surface area (Å²) >= 11 is 0. The highest BCUT2D eigenvalue weighted by atomic mass is 16.5. The zero-order valence-electron chi connectivity index (χ0n) is 12.6. The number of aryl methyl sites for hydroxylation is 1. The van der Waals surface area contributed by atoms with Crippen LogP contribution < -0.4 is 4.74 Å². The SMILES string of the molecule is O=Cc1ncn2c1CCc1cc(OC3CCCCC3)ccc1-2. The Hall–Kier alpha value is -2.10. The Kier molecular flexibility index (Phi) is 3.45. The highest BCUT2D eigenvalue weighted by Gasteiger charge is 2.21. The second-order valence-electron chi connectivity index (χ2n) is 6.23. The van der Waals surface area contributed by atoms with Gasteiger partial charge in [-0.1, -0.05) is 6.42 Å². The minimum atomic E-state index is 0.376. The van der Waals surface area contributed by atoms with Gasteiger partial charge < -0.3 is 9.30 Å². The van der Waals surface area contributed by atoms with E-state index in [0.29, 0.717) is 11.8 Å². The molecule has 4 heteroatoms. The number of aldehydes is 1. The average molecular weight is 296 g/mol. The second kappa shape index (κ2) is 5.59. The maximum absolute atomic E-state index is 11.0. The number of benzene rings is 1. The number of fused-ring (bicyclic) bond motifs is 3. The molecule has 2 heterocycles. The summed E-state index contributed by atoms with van der Waals surface area (Å²) in [5, 5.41) is 0. The van der Waals surface area contributed by atoms with Crippen molar-refractivity contribution in [2.75, 3.05) is 0 Å². The van der Waals surface area contributed by atoms with E-state index in [1.807, 2.05) is 10.6 Å². The van der Waals surface area contributed by atoms with E-state index in [0.717, 1.165) is 36.3 Å². The molecule has 0 atom stereocenters. The molecule has 22 heavy (non-hydrogen) atoms. The Morgan fingerprint density at radius 1 is 1.18 bits per heavy atom. The molecule has 1 aromatic heterocycles. The molecule has 0 N–H and O–H groups in total. The van der Waals surface area contributed by atoms with Crippen molar-refractivity contribution >= 4 is 6.29 Å². The predicted molar refractivity (Wildman–Crippen MR) is 83.9 cm³/mol. The third-order valence-electron chi connectivity index (χ3n) is 4.81. The Labute approximate surface area is 130 Å². The fraction of sp³-hybridized carbons (Fsp3) is 0.444. The van der Waals surface area contributed by atoms with E-state index >= 15 is 0 Å². The van der Waals surface area contributed by atoms with Gasteiger partial charge in [0.1, 0.15) is 17.8 Å². The zero-order chi connectivity index (χ0) is 14.9. The van der Waals surface area contributed by atoms with Gasteiger partial charge in [0.15, 0.2) is 6.29 Å². The van der Waals surface area contributed by atoms with E-state index in [4.69, 9.17) is 4.74 Å². The van der Waals surface area contributed by atoms with Gasteiger partial charge in [-0.3, -0.25) is 4.79 Å². The third kappa shape index (κ3) is 2.32. The van der Waals surface area contributed by atoms with E-state index in [-0.39, 0.29) is 0 Å². The van der Waals surface area contributed by atoms with Crippen molar-refractivity contribution in [3.8, 4) is 11.4 Å². The first-order valence-electron chi connectivity index (χ1n) is 8.16. The molecule has 1 aromatic carbocycles. The molecule has 1 saturated carbocycles. The van der Waals surface area contributed by atoms with Gasteiger partial charge in [0.2, 0.25) is 0 Å². The maximum atomic E-state index is 11.0. The molecule has 0 amide bonds. The molecule has 1 aliphatic heterocycles. The highest BCUT2D eigenvalue weighted by molar-refractivity contribution is 5.74. The Bertz CT molecular complexity index is 699. The molecule has 0 spiro atoms. The van der Waals surface area contributed by atoms with Gasteiger partial charge in [0.25, 0.3) is 0 Å². The number of aromatic nitrogens is 2. The Balaban J connectivity index is 1.61. The quantitative estimate of drug-likeness (QED) is 0.814. The first kappa shape index (κ1) is 13.6. The van der Waals surface area contributed by atoms with Crippen molar-refractivity contribution in [1.29, 1.82) is 0 Å². The van der Waals surface area contributed by atoms with E-state index < -0.39 is 0 Å². The van der Waals surface area contributed by atoms with Gasteiger partial charge in [-0.15, -0.1) is 0 Å². The van der Waals surface area contributed by atoms with E-state index in [9.17, 15) is 4.79 Å². The monoisotopic (exact) mass is 296 g/mol. The smallest absolute Gasteiger partial charge is 0.170 e. The molecule has 2 aromatic rings. The van der Waals surface area contributed by atoms with Gasteiger partial charge in [0.05, 0.1) is 17.5 Å². The van der Waals surface area contributed by atoms with E-state index in [1.54, 1.807) is 6.33 Å². The van der Waals surface area contributed by atoms with Crippen LogP contribution in [0.1, 0.15) is 53.8 Å². The summed E-state index contributed by atoms with van der Waals surface area (Å²) < 4.78 is 8.19. The summed E-state index contributed by atoms with van der Waals surface area (Å²) in [5.41, 5.74) is 3.98. The van der Waals surface area contributed by atoms with Gasteiger partial charge in [-0.05, 0) is 62.3 Å². The summed E-state index contributed by atoms with van der Waals surface area (Å²) in [6, 6.07) is 6.29. The molecule has 0 saturated heterocycles. The largest absolute Gasteiger partial charge is 0.490 e. The van der Waals surface area contributed by atoms with Crippen LogP contribution in [0.3, 0.4) is 0 Å². The number of carbonyl (C=O) groups is 1. The molecule has 2 aliphatic rings. The fourth-order valence-electron chi connectivity index (χ4n) is 3.64. The van der Waals surface area contributed by atoms with Crippen molar-refractivity contribution in [1.82, 2.24) is 9.55 Å². The fourth-order valence-corrected chi connectivity index (χ4v) is 3.64. The van der Waals surface area contributed by atoms with Crippen LogP contribution in [0.25, 0.3) is 5.69 Å². The zero-order valence-corrected chi connectivity index (χ0v) is 12.6. The number of imidazole rings is 1. The standard InChI is InChI=1S/C18H20N2O2/c21-11-16-18-8-6-13-10-15(22-14-4-2-1-3-5-14)7-9-17(13)20(18)12-19-16/h7,9-12,14H,1-6,8H2. The first-order valence-corrected chi connectivity index (χ1v) is 8.16. The summed E-state index contributed by atoms with van der Waals surface area (Å²) in [4.78, 5) is 15.2. The molecule has 0 radical (unpaired) electrons. The van der Waals surface area contributed by atoms with Crippen LogP contribution in [-0.2, 0) is 12.8 Å².